The lowest BCUT2D eigenvalue weighted by Gasteiger charge is -1.77. The SMILES string of the molecule is N#Cc1occc1N. The van der Waals surface area contributed by atoms with E-state index >= 15 is 0 Å². The summed E-state index contributed by atoms with van der Waals surface area (Å²) in [4.78, 5) is 0. The number of nitriles is 1. The molecular formula is C5H4N2O. The molecular weight excluding hydrogens is 104 g/mol. The number of hydrogen-bond acceptors (Lipinski definition) is 3. The third kappa shape index (κ3) is 0.521. The van der Waals surface area contributed by atoms with E-state index in [1.54, 1.807) is 12.1 Å². The molecule has 0 spiro atoms. The quantitative estimate of drug-likeness (QED) is 0.533. The first-order chi connectivity index (χ1) is 3.84. The van der Waals surface area contributed by atoms with Crippen molar-refractivity contribution in [3.8, 4) is 6.07 Å². The third-order valence-electron chi connectivity index (χ3n) is 0.797. The van der Waals surface area contributed by atoms with Crippen LogP contribution >= 0.6 is 0 Å². The van der Waals surface area contributed by atoms with Crippen molar-refractivity contribution >= 4 is 5.69 Å². The molecule has 0 amide bonds. The summed E-state index contributed by atoms with van der Waals surface area (Å²) in [6.07, 6.45) is 1.38. The van der Waals surface area contributed by atoms with Crippen molar-refractivity contribution in [2.24, 2.45) is 0 Å². The Hall–Kier alpha value is -1.43. The van der Waals surface area contributed by atoms with Crippen LogP contribution in [0.1, 0.15) is 5.76 Å². The van der Waals surface area contributed by atoms with Gasteiger partial charge in [0.15, 0.2) is 0 Å². The molecule has 2 N–H and O–H groups in total. The molecule has 8 heavy (non-hydrogen) atoms. The summed E-state index contributed by atoms with van der Waals surface area (Å²) in [6.45, 7) is 0. The van der Waals surface area contributed by atoms with Crippen LogP contribution in [0.25, 0.3) is 0 Å². The molecule has 0 aliphatic rings. The van der Waals surface area contributed by atoms with E-state index in [0.29, 0.717) is 5.69 Å². The molecule has 0 radical (unpaired) electrons. The maximum atomic E-state index is 8.18. The van der Waals surface area contributed by atoms with Gasteiger partial charge in [0.2, 0.25) is 5.76 Å². The Labute approximate surface area is 46.3 Å². The number of furan rings is 1. The number of rotatable bonds is 0. The fraction of sp³-hybridized carbons (Fsp3) is 0. The van der Waals surface area contributed by atoms with Gasteiger partial charge in [-0.1, -0.05) is 0 Å². The summed E-state index contributed by atoms with van der Waals surface area (Å²) in [5.41, 5.74) is 5.63. The monoisotopic (exact) mass is 108 g/mol. The van der Waals surface area contributed by atoms with Crippen LogP contribution in [0.4, 0.5) is 5.69 Å². The maximum absolute atomic E-state index is 8.18. The van der Waals surface area contributed by atoms with Crippen molar-refractivity contribution in [2.45, 2.75) is 0 Å². The van der Waals surface area contributed by atoms with Crippen LogP contribution in [-0.4, -0.2) is 0 Å². The maximum Gasteiger partial charge on any atom is 0.226 e. The van der Waals surface area contributed by atoms with Crippen LogP contribution in [0.2, 0.25) is 0 Å². The molecule has 1 aromatic heterocycles. The standard InChI is InChI=1S/C5H4N2O/c6-3-5-4(7)1-2-8-5/h1-2H,7H2. The molecule has 0 fully saturated rings. The molecule has 0 unspecified atom stereocenters. The van der Waals surface area contributed by atoms with Gasteiger partial charge < -0.3 is 10.2 Å². The molecule has 1 heterocycles. The topological polar surface area (TPSA) is 63.0 Å². The number of anilines is 1. The molecule has 1 rings (SSSR count). The molecule has 0 atom stereocenters. The highest BCUT2D eigenvalue weighted by atomic mass is 16.3. The van der Waals surface area contributed by atoms with Gasteiger partial charge in [0.1, 0.15) is 6.07 Å². The molecule has 0 bridgehead atoms. The highest BCUT2D eigenvalue weighted by molar-refractivity contribution is 5.47. The average Bonchev–Trinajstić information content (AvgIpc) is 2.14. The Morgan fingerprint density at radius 2 is 2.50 bits per heavy atom. The Kier molecular flexibility index (Phi) is 0.935. The van der Waals surface area contributed by atoms with Crippen LogP contribution in [0.5, 0.6) is 0 Å². The fourth-order valence-corrected chi connectivity index (χ4v) is 0.410. The zero-order valence-corrected chi connectivity index (χ0v) is 4.09. The minimum Gasteiger partial charge on any atom is -0.452 e. The molecule has 0 saturated carbocycles. The van der Waals surface area contributed by atoms with Gasteiger partial charge in [-0.2, -0.15) is 5.26 Å². The van der Waals surface area contributed by atoms with Gasteiger partial charge >= 0.3 is 0 Å². The van der Waals surface area contributed by atoms with E-state index in [-0.39, 0.29) is 5.76 Å². The van der Waals surface area contributed by atoms with E-state index in [9.17, 15) is 0 Å². The predicted molar refractivity (Wildman–Crippen MR) is 27.8 cm³/mol. The first-order valence-electron chi connectivity index (χ1n) is 2.07. The zero-order chi connectivity index (χ0) is 5.98. The molecule has 1 aromatic rings. The first kappa shape index (κ1) is 4.72. The Morgan fingerprint density at radius 1 is 1.75 bits per heavy atom. The van der Waals surface area contributed by atoms with Gasteiger partial charge in [0, 0.05) is 6.07 Å². The second-order valence-electron chi connectivity index (χ2n) is 1.32. The van der Waals surface area contributed by atoms with Gasteiger partial charge in [-0.3, -0.25) is 0 Å². The van der Waals surface area contributed by atoms with Gasteiger partial charge in [-0.25, -0.2) is 0 Å². The summed E-state index contributed by atoms with van der Waals surface area (Å²) < 4.78 is 4.63. The first-order valence-corrected chi connectivity index (χ1v) is 2.07. The molecule has 0 aliphatic heterocycles. The highest BCUT2D eigenvalue weighted by Gasteiger charge is 1.96. The predicted octanol–water partition coefficient (Wildman–Crippen LogP) is 0.733. The Morgan fingerprint density at radius 3 is 2.75 bits per heavy atom. The van der Waals surface area contributed by atoms with Crippen LogP contribution < -0.4 is 5.73 Å². The highest BCUT2D eigenvalue weighted by Crippen LogP contribution is 2.08. The van der Waals surface area contributed by atoms with Crippen molar-refractivity contribution < 1.29 is 4.42 Å². The van der Waals surface area contributed by atoms with E-state index in [1.165, 1.54) is 6.26 Å². The van der Waals surface area contributed by atoms with Crippen molar-refractivity contribution in [3.63, 3.8) is 0 Å². The molecule has 0 saturated heterocycles. The zero-order valence-electron chi connectivity index (χ0n) is 4.09. The van der Waals surface area contributed by atoms with Gasteiger partial charge in [-0.15, -0.1) is 0 Å². The second kappa shape index (κ2) is 1.58. The van der Waals surface area contributed by atoms with E-state index in [4.69, 9.17) is 11.0 Å². The van der Waals surface area contributed by atoms with Crippen molar-refractivity contribution in [3.05, 3.63) is 18.1 Å². The number of nitrogens with zero attached hydrogens (tertiary/aromatic N) is 1. The van der Waals surface area contributed by atoms with Crippen molar-refractivity contribution in [1.82, 2.24) is 0 Å². The average molecular weight is 108 g/mol. The van der Waals surface area contributed by atoms with Crippen LogP contribution in [0.15, 0.2) is 16.7 Å². The van der Waals surface area contributed by atoms with Crippen LogP contribution in [0, 0.1) is 11.3 Å². The largest absolute Gasteiger partial charge is 0.452 e. The summed E-state index contributed by atoms with van der Waals surface area (Å²) in [6, 6.07) is 3.32. The molecule has 0 aromatic carbocycles. The minimum atomic E-state index is 0.185. The summed E-state index contributed by atoms with van der Waals surface area (Å²) in [5.74, 6) is 0.185. The van der Waals surface area contributed by atoms with E-state index in [1.807, 2.05) is 0 Å². The van der Waals surface area contributed by atoms with Crippen molar-refractivity contribution in [1.29, 1.82) is 5.26 Å². The number of hydrogen-bond donors (Lipinski definition) is 1. The van der Waals surface area contributed by atoms with Crippen LogP contribution in [-0.2, 0) is 0 Å². The minimum absolute atomic E-state index is 0.185. The lowest BCUT2D eigenvalue weighted by molar-refractivity contribution is 0.554. The van der Waals surface area contributed by atoms with E-state index < -0.39 is 0 Å². The normalized spacial score (nSPS) is 8.38. The lowest BCUT2D eigenvalue weighted by atomic mass is 10.4. The lowest BCUT2D eigenvalue weighted by Crippen LogP contribution is -1.81. The molecule has 3 heteroatoms. The Bertz CT molecular complexity index is 221. The summed E-state index contributed by atoms with van der Waals surface area (Å²) in [7, 11) is 0. The van der Waals surface area contributed by atoms with Crippen molar-refractivity contribution in [2.75, 3.05) is 5.73 Å². The third-order valence-corrected chi connectivity index (χ3v) is 0.797. The number of nitrogen functional groups attached to an aromatic ring is 1. The van der Waals surface area contributed by atoms with Gasteiger partial charge in [0.25, 0.3) is 0 Å². The van der Waals surface area contributed by atoms with Gasteiger partial charge in [0.05, 0.1) is 12.0 Å². The molecule has 40 valence electrons. The van der Waals surface area contributed by atoms with Crippen LogP contribution in [0.3, 0.4) is 0 Å². The van der Waals surface area contributed by atoms with Gasteiger partial charge in [-0.05, 0) is 0 Å². The van der Waals surface area contributed by atoms with E-state index in [0.717, 1.165) is 0 Å². The summed E-state index contributed by atoms with van der Waals surface area (Å²) in [5, 5.41) is 8.18. The molecule has 0 aliphatic carbocycles. The second-order valence-corrected chi connectivity index (χ2v) is 1.32. The number of nitrogens with two attached hydrogens (primary N) is 1. The smallest absolute Gasteiger partial charge is 0.226 e. The van der Waals surface area contributed by atoms with E-state index in [2.05, 4.69) is 4.42 Å². The molecule has 3 nitrogen and oxygen atoms in total. The fourth-order valence-electron chi connectivity index (χ4n) is 0.410. The summed E-state index contributed by atoms with van der Waals surface area (Å²) >= 11 is 0. The Balaban J connectivity index is 3.15.